The van der Waals surface area contributed by atoms with Crippen LogP contribution in [-0.4, -0.2) is 59.0 Å². The van der Waals surface area contributed by atoms with Crippen molar-refractivity contribution in [2.24, 2.45) is 5.41 Å². The van der Waals surface area contributed by atoms with E-state index in [0.29, 0.717) is 12.3 Å². The third-order valence-electron chi connectivity index (χ3n) is 5.88. The number of carbonyl (C=O) groups excluding carboxylic acids is 1. The van der Waals surface area contributed by atoms with Gasteiger partial charge in [0.1, 0.15) is 0 Å². The molecular weight excluding hydrogens is 354 g/mol. The van der Waals surface area contributed by atoms with Crippen LogP contribution in [0.2, 0.25) is 0 Å². The molecule has 4 rings (SSSR count). The lowest BCUT2D eigenvalue weighted by Gasteiger charge is -2.48. The van der Waals surface area contributed by atoms with E-state index in [1.807, 2.05) is 29.3 Å². The highest BCUT2D eigenvalue weighted by molar-refractivity contribution is 5.77. The molecule has 1 spiro atoms. The molecule has 0 unspecified atom stereocenters. The first kappa shape index (κ1) is 18.7. The van der Waals surface area contributed by atoms with Gasteiger partial charge >= 0.3 is 0 Å². The molecular formula is C21H27N5O2. The molecule has 1 atom stereocenters. The third-order valence-corrected chi connectivity index (χ3v) is 5.88. The molecule has 0 bridgehead atoms. The Labute approximate surface area is 165 Å². The fourth-order valence-corrected chi connectivity index (χ4v) is 4.41. The summed E-state index contributed by atoms with van der Waals surface area (Å²) >= 11 is 0. The van der Waals surface area contributed by atoms with Crippen LogP contribution in [0.15, 0.2) is 36.7 Å². The number of hydrogen-bond donors (Lipinski definition) is 0. The van der Waals surface area contributed by atoms with Gasteiger partial charge in [0.05, 0.1) is 7.11 Å². The molecule has 148 valence electrons. The Balaban J connectivity index is 1.44. The first-order valence-corrected chi connectivity index (χ1v) is 9.97. The van der Waals surface area contributed by atoms with Crippen molar-refractivity contribution >= 4 is 11.9 Å². The summed E-state index contributed by atoms with van der Waals surface area (Å²) in [5.41, 5.74) is 1.15. The minimum Gasteiger partial charge on any atom is -0.481 e. The fourth-order valence-electron chi connectivity index (χ4n) is 4.41. The Bertz CT molecular complexity index is 815. The largest absolute Gasteiger partial charge is 0.481 e. The molecule has 28 heavy (non-hydrogen) atoms. The molecule has 4 heterocycles. The summed E-state index contributed by atoms with van der Waals surface area (Å²) in [6.45, 7) is 3.36. The zero-order valence-corrected chi connectivity index (χ0v) is 16.4. The molecule has 2 aromatic rings. The molecule has 0 N–H and O–H groups in total. The molecule has 1 amide bonds. The molecule has 0 saturated carbocycles. The van der Waals surface area contributed by atoms with Gasteiger partial charge in [-0.2, -0.15) is 4.98 Å². The maximum Gasteiger partial charge on any atom is 0.228 e. The molecule has 0 aliphatic carbocycles. The minimum atomic E-state index is 0.114. The van der Waals surface area contributed by atoms with Crippen LogP contribution in [0, 0.1) is 5.41 Å². The van der Waals surface area contributed by atoms with Crippen molar-refractivity contribution in [2.75, 3.05) is 38.2 Å². The van der Waals surface area contributed by atoms with Gasteiger partial charge in [-0.25, -0.2) is 4.98 Å². The second-order valence-corrected chi connectivity index (χ2v) is 7.81. The highest BCUT2D eigenvalue weighted by atomic mass is 16.5. The van der Waals surface area contributed by atoms with E-state index in [9.17, 15) is 4.79 Å². The van der Waals surface area contributed by atoms with Gasteiger partial charge in [-0.3, -0.25) is 9.78 Å². The van der Waals surface area contributed by atoms with Crippen molar-refractivity contribution in [2.45, 2.75) is 32.1 Å². The predicted molar refractivity (Wildman–Crippen MR) is 106 cm³/mol. The number of ether oxygens (including phenoxy) is 1. The van der Waals surface area contributed by atoms with E-state index in [1.54, 1.807) is 19.4 Å². The predicted octanol–water partition coefficient (Wildman–Crippen LogP) is 2.33. The second-order valence-electron chi connectivity index (χ2n) is 7.81. The summed E-state index contributed by atoms with van der Waals surface area (Å²) in [7, 11) is 1.62. The van der Waals surface area contributed by atoms with Gasteiger partial charge in [0.25, 0.3) is 0 Å². The summed E-state index contributed by atoms with van der Waals surface area (Å²) in [6, 6.07) is 7.70. The van der Waals surface area contributed by atoms with Crippen molar-refractivity contribution in [1.82, 2.24) is 19.9 Å². The van der Waals surface area contributed by atoms with Gasteiger partial charge in [-0.05, 0) is 31.4 Å². The number of nitrogens with zero attached hydrogens (tertiary/aromatic N) is 5. The first-order chi connectivity index (χ1) is 13.7. The van der Waals surface area contributed by atoms with Crippen LogP contribution in [0.1, 0.15) is 31.4 Å². The van der Waals surface area contributed by atoms with Crippen LogP contribution in [0.5, 0.6) is 5.88 Å². The molecule has 7 heteroatoms. The molecule has 7 nitrogen and oxygen atoms in total. The minimum absolute atomic E-state index is 0.114. The average molecular weight is 381 g/mol. The van der Waals surface area contributed by atoms with E-state index in [0.717, 1.165) is 63.5 Å². The van der Waals surface area contributed by atoms with E-state index in [1.165, 1.54) is 0 Å². The maximum atomic E-state index is 12.5. The summed E-state index contributed by atoms with van der Waals surface area (Å²) < 4.78 is 5.25. The van der Waals surface area contributed by atoms with E-state index in [2.05, 4.69) is 19.9 Å². The number of anilines is 1. The topological polar surface area (TPSA) is 71.5 Å². The number of hydrogen-bond acceptors (Lipinski definition) is 6. The monoisotopic (exact) mass is 381 g/mol. The summed E-state index contributed by atoms with van der Waals surface area (Å²) in [4.78, 5) is 30.1. The van der Waals surface area contributed by atoms with E-state index in [4.69, 9.17) is 4.74 Å². The highest BCUT2D eigenvalue weighted by Crippen LogP contribution is 2.39. The standard InChI is InChI=1S/C21H27N5O2/c1-28-18-7-12-23-20(24-18)26-13-4-9-21(16-26)10-6-19(27)25(15-21)14-8-17-5-2-3-11-22-17/h2-3,5,7,11-12H,4,6,8-10,13-16H2,1H3/t21-/m0/s1. The molecule has 2 aromatic heterocycles. The molecule has 0 radical (unpaired) electrons. The van der Waals surface area contributed by atoms with Gasteiger partial charge in [-0.1, -0.05) is 6.07 Å². The second kappa shape index (κ2) is 8.12. The van der Waals surface area contributed by atoms with Crippen molar-refractivity contribution in [3.63, 3.8) is 0 Å². The van der Waals surface area contributed by atoms with Gasteiger partial charge in [-0.15, -0.1) is 0 Å². The Hall–Kier alpha value is -2.70. The Kier molecular flexibility index (Phi) is 5.41. The number of likely N-dealkylation sites (tertiary alicyclic amines) is 1. The number of rotatable bonds is 5. The van der Waals surface area contributed by atoms with Crippen LogP contribution >= 0.6 is 0 Å². The smallest absolute Gasteiger partial charge is 0.228 e. The average Bonchev–Trinajstić information content (AvgIpc) is 2.75. The summed E-state index contributed by atoms with van der Waals surface area (Å²) in [5.74, 6) is 1.56. The van der Waals surface area contributed by atoms with Gasteiger partial charge in [0.2, 0.25) is 17.7 Å². The molecule has 2 aliphatic rings. The van der Waals surface area contributed by atoms with Crippen molar-refractivity contribution in [1.29, 1.82) is 0 Å². The zero-order valence-electron chi connectivity index (χ0n) is 16.4. The number of piperidine rings is 2. The number of methoxy groups -OCH3 is 1. The van der Waals surface area contributed by atoms with Crippen LogP contribution in [-0.2, 0) is 11.2 Å². The Morgan fingerprint density at radius 3 is 2.89 bits per heavy atom. The van der Waals surface area contributed by atoms with Crippen LogP contribution < -0.4 is 9.64 Å². The number of amides is 1. The van der Waals surface area contributed by atoms with E-state index >= 15 is 0 Å². The van der Waals surface area contributed by atoms with E-state index < -0.39 is 0 Å². The van der Waals surface area contributed by atoms with Gasteiger partial charge in [0.15, 0.2) is 0 Å². The van der Waals surface area contributed by atoms with E-state index in [-0.39, 0.29) is 11.3 Å². The molecule has 2 saturated heterocycles. The lowest BCUT2D eigenvalue weighted by Crippen LogP contribution is -2.54. The van der Waals surface area contributed by atoms with Crippen LogP contribution in [0.25, 0.3) is 0 Å². The highest BCUT2D eigenvalue weighted by Gasteiger charge is 2.42. The number of carbonyl (C=O) groups is 1. The first-order valence-electron chi connectivity index (χ1n) is 9.97. The Morgan fingerprint density at radius 2 is 2.07 bits per heavy atom. The van der Waals surface area contributed by atoms with Gasteiger partial charge in [0, 0.05) is 68.6 Å². The van der Waals surface area contributed by atoms with Gasteiger partial charge < -0.3 is 14.5 Å². The fraction of sp³-hybridized carbons (Fsp3) is 0.524. The molecule has 2 fully saturated rings. The molecule has 2 aliphatic heterocycles. The maximum absolute atomic E-state index is 12.5. The van der Waals surface area contributed by atoms with Crippen LogP contribution in [0.4, 0.5) is 5.95 Å². The van der Waals surface area contributed by atoms with Crippen LogP contribution in [0.3, 0.4) is 0 Å². The number of aromatic nitrogens is 3. The number of pyridine rings is 1. The van der Waals surface area contributed by atoms with Crippen molar-refractivity contribution in [3.05, 3.63) is 42.4 Å². The lowest BCUT2D eigenvalue weighted by molar-refractivity contribution is -0.137. The van der Waals surface area contributed by atoms with Crippen molar-refractivity contribution < 1.29 is 9.53 Å². The molecule has 0 aromatic carbocycles. The summed E-state index contributed by atoms with van der Waals surface area (Å²) in [5, 5.41) is 0. The quantitative estimate of drug-likeness (QED) is 0.792. The Morgan fingerprint density at radius 1 is 1.14 bits per heavy atom. The third kappa shape index (κ3) is 4.08. The normalized spacial score (nSPS) is 22.5. The van der Waals surface area contributed by atoms with Crippen molar-refractivity contribution in [3.8, 4) is 5.88 Å². The zero-order chi connectivity index (χ0) is 19.4. The SMILES string of the molecule is COc1ccnc(N2CCC[C@@]3(CCC(=O)N(CCc4ccccn4)C3)C2)n1. The summed E-state index contributed by atoms with van der Waals surface area (Å²) in [6.07, 6.45) is 8.13. The lowest BCUT2D eigenvalue weighted by atomic mass is 9.73.